The Balaban J connectivity index is 1.64. The molecule has 1 saturated carbocycles. The Morgan fingerprint density at radius 1 is 1.12 bits per heavy atom. The van der Waals surface area contributed by atoms with E-state index in [1.807, 2.05) is 0 Å². The van der Waals surface area contributed by atoms with Crippen LogP contribution in [0.4, 0.5) is 8.78 Å². The van der Waals surface area contributed by atoms with Gasteiger partial charge in [-0.15, -0.1) is 0 Å². The van der Waals surface area contributed by atoms with Crippen LogP contribution in [-0.4, -0.2) is 61.6 Å². The highest BCUT2D eigenvalue weighted by Gasteiger charge is 2.28. The van der Waals surface area contributed by atoms with E-state index in [1.165, 1.54) is 44.9 Å². The predicted octanol–water partition coefficient (Wildman–Crippen LogP) is 3.00. The van der Waals surface area contributed by atoms with Crippen LogP contribution >= 0.6 is 0 Å². The fourth-order valence-electron chi connectivity index (χ4n) is 3.74. The van der Waals surface area contributed by atoms with Crippen molar-refractivity contribution < 1.29 is 23.0 Å². The zero-order valence-electron chi connectivity index (χ0n) is 14.4. The number of methoxy groups -OCH3 is 1. The molecule has 0 atom stereocenters. The van der Waals surface area contributed by atoms with Crippen LogP contribution in [0.5, 0.6) is 11.5 Å². The molecule has 0 N–H and O–H groups in total. The van der Waals surface area contributed by atoms with Gasteiger partial charge in [0.25, 0.3) is 5.91 Å². The Bertz CT molecular complexity index is 598. The fraction of sp³-hybridized carbons (Fsp3) is 0.611. The smallest absolute Gasteiger partial charge is 0.387 e. The molecular formula is C18H24F2N2O3. The summed E-state index contributed by atoms with van der Waals surface area (Å²) >= 11 is 0. The molecule has 2 fully saturated rings. The molecular weight excluding hydrogens is 330 g/mol. The number of benzene rings is 1. The minimum atomic E-state index is -2.96. The van der Waals surface area contributed by atoms with Gasteiger partial charge in [-0.2, -0.15) is 8.78 Å². The van der Waals surface area contributed by atoms with Crippen molar-refractivity contribution >= 4 is 5.91 Å². The van der Waals surface area contributed by atoms with Crippen LogP contribution < -0.4 is 9.47 Å². The number of nitrogens with zero attached hydrogens (tertiary/aromatic N) is 2. The third-order valence-corrected chi connectivity index (χ3v) is 5.07. The van der Waals surface area contributed by atoms with Gasteiger partial charge in [0.2, 0.25) is 0 Å². The number of hydrogen-bond acceptors (Lipinski definition) is 4. The first kappa shape index (κ1) is 17.9. The molecule has 1 aliphatic carbocycles. The molecule has 3 rings (SSSR count). The lowest BCUT2D eigenvalue weighted by Gasteiger charge is -2.38. The lowest BCUT2D eigenvalue weighted by molar-refractivity contribution is -0.0512. The first-order valence-electron chi connectivity index (χ1n) is 8.74. The highest BCUT2D eigenvalue weighted by Crippen LogP contribution is 2.30. The van der Waals surface area contributed by atoms with Crippen molar-refractivity contribution in [2.45, 2.75) is 38.3 Å². The van der Waals surface area contributed by atoms with Gasteiger partial charge in [0.1, 0.15) is 0 Å². The largest absolute Gasteiger partial charge is 0.493 e. The molecule has 1 aliphatic heterocycles. The molecule has 1 saturated heterocycles. The summed E-state index contributed by atoms with van der Waals surface area (Å²) in [5, 5.41) is 0. The van der Waals surface area contributed by atoms with E-state index in [-0.39, 0.29) is 17.4 Å². The van der Waals surface area contributed by atoms with E-state index in [1.54, 1.807) is 11.0 Å². The lowest BCUT2D eigenvalue weighted by Crippen LogP contribution is -2.51. The van der Waals surface area contributed by atoms with Crippen molar-refractivity contribution in [1.82, 2.24) is 9.80 Å². The van der Waals surface area contributed by atoms with E-state index in [9.17, 15) is 13.6 Å². The third kappa shape index (κ3) is 4.21. The van der Waals surface area contributed by atoms with Gasteiger partial charge in [0.05, 0.1) is 7.11 Å². The quantitative estimate of drug-likeness (QED) is 0.815. The van der Waals surface area contributed by atoms with Gasteiger partial charge in [-0.05, 0) is 31.0 Å². The Kier molecular flexibility index (Phi) is 5.73. The van der Waals surface area contributed by atoms with Gasteiger partial charge >= 0.3 is 6.61 Å². The van der Waals surface area contributed by atoms with E-state index in [0.717, 1.165) is 13.1 Å². The van der Waals surface area contributed by atoms with E-state index < -0.39 is 6.61 Å². The van der Waals surface area contributed by atoms with Crippen molar-refractivity contribution in [3.63, 3.8) is 0 Å². The van der Waals surface area contributed by atoms with Crippen LogP contribution in [0.25, 0.3) is 0 Å². The summed E-state index contributed by atoms with van der Waals surface area (Å²) in [5.41, 5.74) is 0.339. The molecule has 2 aliphatic rings. The van der Waals surface area contributed by atoms with Crippen molar-refractivity contribution in [2.75, 3.05) is 33.3 Å². The second-order valence-electron chi connectivity index (χ2n) is 6.51. The monoisotopic (exact) mass is 354 g/mol. The summed E-state index contributed by atoms with van der Waals surface area (Å²) in [7, 11) is 1.37. The topological polar surface area (TPSA) is 42.0 Å². The van der Waals surface area contributed by atoms with Crippen molar-refractivity contribution in [3.05, 3.63) is 23.8 Å². The number of amides is 1. The maximum atomic E-state index is 12.7. The zero-order chi connectivity index (χ0) is 17.8. The number of rotatable bonds is 5. The molecule has 0 aromatic heterocycles. The molecule has 1 heterocycles. The van der Waals surface area contributed by atoms with Gasteiger partial charge in [-0.1, -0.05) is 12.8 Å². The summed E-state index contributed by atoms with van der Waals surface area (Å²) in [6.07, 6.45) is 5.09. The van der Waals surface area contributed by atoms with E-state index in [4.69, 9.17) is 4.74 Å². The van der Waals surface area contributed by atoms with Crippen LogP contribution in [0, 0.1) is 0 Å². The molecule has 0 spiro atoms. The molecule has 1 aromatic rings. The summed E-state index contributed by atoms with van der Waals surface area (Å²) in [4.78, 5) is 16.9. The summed E-state index contributed by atoms with van der Waals surface area (Å²) in [5.74, 6) is -0.0938. The molecule has 0 bridgehead atoms. The van der Waals surface area contributed by atoms with Crippen molar-refractivity contribution in [3.8, 4) is 11.5 Å². The summed E-state index contributed by atoms with van der Waals surface area (Å²) in [6, 6.07) is 5.06. The number of alkyl halides is 2. The van der Waals surface area contributed by atoms with Gasteiger partial charge in [0.15, 0.2) is 11.5 Å². The molecule has 138 valence electrons. The molecule has 1 aromatic carbocycles. The molecule has 7 heteroatoms. The average Bonchev–Trinajstić information content (AvgIpc) is 3.15. The minimum absolute atomic E-state index is 0.118. The second-order valence-corrected chi connectivity index (χ2v) is 6.51. The molecule has 25 heavy (non-hydrogen) atoms. The standard InChI is InChI=1S/C18H24F2N2O3/c1-24-15-7-6-13(12-16(15)25-18(19)20)17(23)22-10-8-21(9-11-22)14-4-2-3-5-14/h6-7,12,14,18H,2-5,8-11H2,1H3. The van der Waals surface area contributed by atoms with Gasteiger partial charge < -0.3 is 14.4 Å². The van der Waals surface area contributed by atoms with Crippen LogP contribution in [0.3, 0.4) is 0 Å². The zero-order valence-corrected chi connectivity index (χ0v) is 14.4. The molecule has 1 amide bonds. The lowest BCUT2D eigenvalue weighted by atomic mass is 10.1. The van der Waals surface area contributed by atoms with E-state index in [2.05, 4.69) is 9.64 Å². The highest BCUT2D eigenvalue weighted by molar-refractivity contribution is 5.95. The van der Waals surface area contributed by atoms with Gasteiger partial charge in [-0.25, -0.2) is 0 Å². The Labute approximate surface area is 146 Å². The summed E-state index contributed by atoms with van der Waals surface area (Å²) < 4.78 is 34.5. The number of hydrogen-bond donors (Lipinski definition) is 0. The Hall–Kier alpha value is -1.89. The number of piperazine rings is 1. The first-order chi connectivity index (χ1) is 12.1. The van der Waals surface area contributed by atoms with Crippen LogP contribution in [-0.2, 0) is 0 Å². The highest BCUT2D eigenvalue weighted by atomic mass is 19.3. The van der Waals surface area contributed by atoms with Gasteiger partial charge in [-0.3, -0.25) is 9.69 Å². The van der Waals surface area contributed by atoms with E-state index >= 15 is 0 Å². The minimum Gasteiger partial charge on any atom is -0.493 e. The molecule has 5 nitrogen and oxygen atoms in total. The number of carbonyl (C=O) groups excluding carboxylic acids is 1. The maximum absolute atomic E-state index is 12.7. The third-order valence-electron chi connectivity index (χ3n) is 5.07. The van der Waals surface area contributed by atoms with Crippen molar-refractivity contribution in [1.29, 1.82) is 0 Å². The first-order valence-corrected chi connectivity index (χ1v) is 8.74. The average molecular weight is 354 g/mol. The second kappa shape index (κ2) is 7.99. The van der Waals surface area contributed by atoms with E-state index in [0.29, 0.717) is 24.7 Å². The number of carbonyl (C=O) groups is 1. The Morgan fingerprint density at radius 2 is 1.80 bits per heavy atom. The van der Waals surface area contributed by atoms with Crippen LogP contribution in [0.15, 0.2) is 18.2 Å². The molecule has 0 unspecified atom stereocenters. The normalized spacial score (nSPS) is 19.4. The number of ether oxygens (including phenoxy) is 2. The van der Waals surface area contributed by atoms with Crippen molar-refractivity contribution in [2.24, 2.45) is 0 Å². The maximum Gasteiger partial charge on any atom is 0.387 e. The summed E-state index contributed by atoms with van der Waals surface area (Å²) in [6.45, 7) is 0.0906. The fourth-order valence-corrected chi connectivity index (χ4v) is 3.74. The molecule has 0 radical (unpaired) electrons. The Morgan fingerprint density at radius 3 is 2.40 bits per heavy atom. The van der Waals surface area contributed by atoms with Gasteiger partial charge in [0, 0.05) is 37.8 Å². The SMILES string of the molecule is COc1ccc(C(=O)N2CCN(C3CCCC3)CC2)cc1OC(F)F. The van der Waals surface area contributed by atoms with Crippen LogP contribution in [0.2, 0.25) is 0 Å². The number of halogens is 2. The predicted molar refractivity (Wildman–Crippen MR) is 89.4 cm³/mol. The van der Waals surface area contributed by atoms with Crippen LogP contribution in [0.1, 0.15) is 36.0 Å².